The minimum atomic E-state index is -3.90. The Labute approximate surface area is 166 Å². The third-order valence-corrected chi connectivity index (χ3v) is 6.49. The number of carbonyl (C=O) groups excluding carboxylic acids is 1. The van der Waals surface area contributed by atoms with E-state index in [0.29, 0.717) is 10.2 Å². The number of hydrogen-bond donors (Lipinski definition) is 2. The van der Waals surface area contributed by atoms with Crippen LogP contribution in [-0.4, -0.2) is 25.4 Å². The number of benzene rings is 2. The molecule has 142 valence electrons. The molecule has 0 saturated carbocycles. The fourth-order valence-electron chi connectivity index (χ4n) is 2.47. The van der Waals surface area contributed by atoms with Crippen LogP contribution in [0.3, 0.4) is 0 Å². The highest BCUT2D eigenvalue weighted by Gasteiger charge is 2.29. The van der Waals surface area contributed by atoms with Crippen LogP contribution in [-0.2, 0) is 14.8 Å². The first-order chi connectivity index (χ1) is 12.8. The Kier molecular flexibility index (Phi) is 5.81. The Morgan fingerprint density at radius 3 is 2.56 bits per heavy atom. The summed E-state index contributed by atoms with van der Waals surface area (Å²) >= 11 is 7.21. The van der Waals surface area contributed by atoms with E-state index in [4.69, 9.17) is 11.6 Å². The summed E-state index contributed by atoms with van der Waals surface area (Å²) < 4.78 is 28.7. The van der Waals surface area contributed by atoms with Crippen molar-refractivity contribution in [3.8, 4) is 0 Å². The molecule has 2 N–H and O–H groups in total. The molecule has 3 rings (SSSR count). The summed E-state index contributed by atoms with van der Waals surface area (Å²) in [6, 6.07) is 12.5. The average molecular weight is 424 g/mol. The lowest BCUT2D eigenvalue weighted by Crippen LogP contribution is -2.47. The van der Waals surface area contributed by atoms with Crippen LogP contribution in [0.25, 0.3) is 10.2 Å². The standard InChI is InChI=1S/C18H18ClN3O3S2/c1-11(2)16(22-27(24,25)13-7-5-6-12(19)10-13)17(23)21-18-20-14-8-3-4-9-15(14)26-18/h3-11,16,22H,1-2H3,(H,20,21,23)/t16-/m0/s1. The smallest absolute Gasteiger partial charge is 0.244 e. The molecule has 9 heteroatoms. The molecule has 0 bridgehead atoms. The fraction of sp³-hybridized carbons (Fsp3) is 0.222. The predicted octanol–water partition coefficient (Wildman–Crippen LogP) is 3.89. The number of nitrogens with one attached hydrogen (secondary N) is 2. The minimum absolute atomic E-state index is 0.00781. The molecule has 1 amide bonds. The molecule has 1 heterocycles. The summed E-state index contributed by atoms with van der Waals surface area (Å²) in [6.45, 7) is 3.53. The number of carbonyl (C=O) groups is 1. The zero-order chi connectivity index (χ0) is 19.6. The molecule has 0 spiro atoms. The van der Waals surface area contributed by atoms with Gasteiger partial charge in [0, 0.05) is 5.02 Å². The van der Waals surface area contributed by atoms with Crippen LogP contribution in [0.1, 0.15) is 13.8 Å². The Morgan fingerprint density at radius 1 is 1.15 bits per heavy atom. The van der Waals surface area contributed by atoms with Crippen LogP contribution in [0, 0.1) is 5.92 Å². The van der Waals surface area contributed by atoms with Gasteiger partial charge in [-0.1, -0.05) is 55.0 Å². The second-order valence-electron chi connectivity index (χ2n) is 6.28. The summed E-state index contributed by atoms with van der Waals surface area (Å²) in [5.41, 5.74) is 0.776. The molecule has 3 aromatic rings. The number of thiazole rings is 1. The number of amides is 1. The normalized spacial score (nSPS) is 13.0. The Morgan fingerprint density at radius 2 is 1.89 bits per heavy atom. The number of hydrogen-bond acceptors (Lipinski definition) is 5. The largest absolute Gasteiger partial charge is 0.301 e. The highest BCUT2D eigenvalue weighted by Crippen LogP contribution is 2.26. The number of anilines is 1. The second-order valence-corrected chi connectivity index (χ2v) is 9.46. The van der Waals surface area contributed by atoms with E-state index in [1.807, 2.05) is 24.3 Å². The van der Waals surface area contributed by atoms with Gasteiger partial charge in [0.1, 0.15) is 6.04 Å². The topological polar surface area (TPSA) is 88.2 Å². The van der Waals surface area contributed by atoms with E-state index in [2.05, 4.69) is 15.0 Å². The molecule has 0 aliphatic heterocycles. The maximum atomic E-state index is 12.7. The summed E-state index contributed by atoms with van der Waals surface area (Å²) in [5.74, 6) is -0.733. The predicted molar refractivity (Wildman–Crippen MR) is 109 cm³/mol. The number of sulfonamides is 1. The van der Waals surface area contributed by atoms with Crippen molar-refractivity contribution in [2.75, 3.05) is 5.32 Å². The maximum Gasteiger partial charge on any atom is 0.244 e. The van der Waals surface area contributed by atoms with E-state index in [1.54, 1.807) is 26.0 Å². The molecule has 0 unspecified atom stereocenters. The summed E-state index contributed by atoms with van der Waals surface area (Å²) in [4.78, 5) is 17.1. The first-order valence-corrected chi connectivity index (χ1v) is 10.9. The number of halogens is 1. The van der Waals surface area contributed by atoms with Gasteiger partial charge < -0.3 is 5.32 Å². The van der Waals surface area contributed by atoms with Crippen molar-refractivity contribution in [2.45, 2.75) is 24.8 Å². The lowest BCUT2D eigenvalue weighted by atomic mass is 10.1. The van der Waals surface area contributed by atoms with Crippen molar-refractivity contribution < 1.29 is 13.2 Å². The van der Waals surface area contributed by atoms with Gasteiger partial charge in [0.15, 0.2) is 5.13 Å². The van der Waals surface area contributed by atoms with Crippen LogP contribution in [0.4, 0.5) is 5.13 Å². The van der Waals surface area contributed by atoms with Gasteiger partial charge >= 0.3 is 0 Å². The average Bonchev–Trinajstić information content (AvgIpc) is 3.01. The SMILES string of the molecule is CC(C)[C@H](NS(=O)(=O)c1cccc(Cl)c1)C(=O)Nc1nc2ccccc2s1. The van der Waals surface area contributed by atoms with E-state index in [1.165, 1.54) is 23.5 Å². The van der Waals surface area contributed by atoms with Gasteiger partial charge in [-0.2, -0.15) is 4.72 Å². The summed E-state index contributed by atoms with van der Waals surface area (Å²) in [7, 11) is -3.90. The van der Waals surface area contributed by atoms with Crippen LogP contribution < -0.4 is 10.0 Å². The maximum absolute atomic E-state index is 12.7. The lowest BCUT2D eigenvalue weighted by Gasteiger charge is -2.21. The first-order valence-electron chi connectivity index (χ1n) is 8.20. The van der Waals surface area contributed by atoms with Crippen molar-refractivity contribution in [1.82, 2.24) is 9.71 Å². The van der Waals surface area contributed by atoms with Crippen LogP contribution >= 0.6 is 22.9 Å². The van der Waals surface area contributed by atoms with Crippen molar-refractivity contribution in [3.05, 3.63) is 53.6 Å². The highest BCUT2D eigenvalue weighted by atomic mass is 35.5. The van der Waals surface area contributed by atoms with Crippen molar-refractivity contribution in [1.29, 1.82) is 0 Å². The quantitative estimate of drug-likeness (QED) is 0.629. The minimum Gasteiger partial charge on any atom is -0.301 e. The molecule has 0 fully saturated rings. The molecular formula is C18H18ClN3O3S2. The van der Waals surface area contributed by atoms with E-state index >= 15 is 0 Å². The van der Waals surface area contributed by atoms with E-state index in [0.717, 1.165) is 10.2 Å². The van der Waals surface area contributed by atoms with Gasteiger partial charge in [-0.05, 0) is 36.2 Å². The molecular weight excluding hydrogens is 406 g/mol. The van der Waals surface area contributed by atoms with E-state index < -0.39 is 22.0 Å². The lowest BCUT2D eigenvalue weighted by molar-refractivity contribution is -0.118. The zero-order valence-electron chi connectivity index (χ0n) is 14.6. The van der Waals surface area contributed by atoms with E-state index in [-0.39, 0.29) is 10.8 Å². The monoisotopic (exact) mass is 423 g/mol. The second kappa shape index (κ2) is 7.93. The summed E-state index contributed by atoms with van der Waals surface area (Å²) in [5, 5.41) is 3.44. The molecule has 1 aromatic heterocycles. The number of rotatable bonds is 6. The number of aromatic nitrogens is 1. The zero-order valence-corrected chi connectivity index (χ0v) is 17.0. The molecule has 0 aliphatic carbocycles. The van der Waals surface area contributed by atoms with Gasteiger partial charge in [0.05, 0.1) is 15.1 Å². The molecule has 2 aromatic carbocycles. The molecule has 27 heavy (non-hydrogen) atoms. The Bertz CT molecular complexity index is 1050. The molecule has 1 atom stereocenters. The van der Waals surface area contributed by atoms with Crippen LogP contribution in [0.5, 0.6) is 0 Å². The fourth-order valence-corrected chi connectivity index (χ4v) is 4.98. The number of fused-ring (bicyclic) bond motifs is 1. The van der Waals surface area contributed by atoms with E-state index in [9.17, 15) is 13.2 Å². The van der Waals surface area contributed by atoms with Crippen LogP contribution in [0.2, 0.25) is 5.02 Å². The molecule has 0 aliphatic rings. The molecule has 0 saturated heterocycles. The number of nitrogens with zero attached hydrogens (tertiary/aromatic N) is 1. The van der Waals surface area contributed by atoms with Crippen LogP contribution in [0.15, 0.2) is 53.4 Å². The Balaban J connectivity index is 1.81. The van der Waals surface area contributed by atoms with Gasteiger partial charge in [-0.25, -0.2) is 13.4 Å². The van der Waals surface area contributed by atoms with Gasteiger partial charge in [-0.3, -0.25) is 4.79 Å². The summed E-state index contributed by atoms with van der Waals surface area (Å²) in [6.07, 6.45) is 0. The van der Waals surface area contributed by atoms with Gasteiger partial charge in [0.25, 0.3) is 0 Å². The first kappa shape index (κ1) is 19.8. The highest BCUT2D eigenvalue weighted by molar-refractivity contribution is 7.89. The Hall–Kier alpha value is -2.00. The van der Waals surface area contributed by atoms with Gasteiger partial charge in [0.2, 0.25) is 15.9 Å². The molecule has 6 nitrogen and oxygen atoms in total. The van der Waals surface area contributed by atoms with Gasteiger partial charge in [-0.15, -0.1) is 0 Å². The third kappa shape index (κ3) is 4.65. The van der Waals surface area contributed by atoms with Crippen molar-refractivity contribution >= 4 is 54.2 Å². The van der Waals surface area contributed by atoms with Crippen molar-refractivity contribution in [2.24, 2.45) is 5.92 Å². The molecule has 0 radical (unpaired) electrons. The third-order valence-electron chi connectivity index (χ3n) is 3.86. The van der Waals surface area contributed by atoms with Crippen molar-refractivity contribution in [3.63, 3.8) is 0 Å². The number of para-hydroxylation sites is 1.